The molecule has 3 heteroatoms. The van der Waals surface area contributed by atoms with Crippen LogP contribution in [0.3, 0.4) is 0 Å². The maximum Gasteiger partial charge on any atom is 0.176 e. The van der Waals surface area contributed by atoms with E-state index in [-0.39, 0.29) is 12.0 Å². The minimum atomic E-state index is -0.716. The highest BCUT2D eigenvalue weighted by Crippen LogP contribution is 2.62. The Morgan fingerprint density at radius 1 is 0.667 bits per heavy atom. The van der Waals surface area contributed by atoms with Gasteiger partial charge in [0.15, 0.2) is 11.7 Å². The fourth-order valence-corrected chi connectivity index (χ4v) is 4.09. The van der Waals surface area contributed by atoms with Crippen molar-refractivity contribution in [3.05, 3.63) is 107 Å². The third-order valence-corrected chi connectivity index (χ3v) is 5.07. The molecule has 0 aromatic heterocycles. The Hall–Kier alpha value is -2.46. The molecule has 3 aromatic rings. The minimum absolute atomic E-state index is 0.00444. The van der Waals surface area contributed by atoms with E-state index >= 15 is 0 Å². The maximum absolute atomic E-state index is 5.88. The third-order valence-electron chi connectivity index (χ3n) is 5.07. The van der Waals surface area contributed by atoms with Gasteiger partial charge >= 0.3 is 0 Å². The molecule has 0 spiro atoms. The zero-order chi connectivity index (χ0) is 16.0. The van der Waals surface area contributed by atoms with E-state index < -0.39 is 5.60 Å². The van der Waals surface area contributed by atoms with Crippen molar-refractivity contribution in [2.45, 2.75) is 17.6 Å². The van der Waals surface area contributed by atoms with Crippen molar-refractivity contribution in [2.75, 3.05) is 0 Å². The lowest BCUT2D eigenvalue weighted by Gasteiger charge is -2.31. The summed E-state index contributed by atoms with van der Waals surface area (Å²) in [5.41, 5.74) is 3.86. The first-order valence-electron chi connectivity index (χ1n) is 8.12. The lowest BCUT2D eigenvalue weighted by atomic mass is 9.77. The zero-order valence-electron chi connectivity index (χ0n) is 13.0. The predicted octanol–water partition coefficient (Wildman–Crippen LogP) is 4.66. The molecule has 118 valence electrons. The van der Waals surface area contributed by atoms with Gasteiger partial charge in [0.25, 0.3) is 0 Å². The Morgan fingerprint density at radius 3 is 2.04 bits per heavy atom. The summed E-state index contributed by atoms with van der Waals surface area (Å²) in [7, 11) is 0. The highest BCUT2D eigenvalue weighted by molar-refractivity contribution is 5.52. The number of hydrogen-bond donors (Lipinski definition) is 0. The van der Waals surface area contributed by atoms with Crippen LogP contribution in [0.5, 0.6) is 0 Å². The molecule has 3 aromatic carbocycles. The molecule has 1 aliphatic carbocycles. The van der Waals surface area contributed by atoms with Crippen molar-refractivity contribution in [1.82, 2.24) is 0 Å². The number of hydrogen-bond acceptors (Lipinski definition) is 3. The number of fused-ring (bicyclic) bond motifs is 3. The van der Waals surface area contributed by atoms with Gasteiger partial charge in [-0.25, -0.2) is 0 Å². The predicted molar refractivity (Wildman–Crippen MR) is 88.8 cm³/mol. The molecule has 1 aliphatic heterocycles. The second-order valence-corrected chi connectivity index (χ2v) is 6.26. The Morgan fingerprint density at radius 2 is 1.29 bits per heavy atom. The maximum atomic E-state index is 5.88. The fraction of sp³-hybridized carbons (Fsp3) is 0.143. The highest BCUT2D eigenvalue weighted by Gasteiger charge is 2.62. The van der Waals surface area contributed by atoms with Gasteiger partial charge in [-0.2, -0.15) is 9.78 Å². The quantitative estimate of drug-likeness (QED) is 0.643. The van der Waals surface area contributed by atoms with Crippen molar-refractivity contribution in [3.63, 3.8) is 0 Å². The lowest BCUT2D eigenvalue weighted by molar-refractivity contribution is -0.478. The van der Waals surface area contributed by atoms with Gasteiger partial charge in [0, 0.05) is 5.92 Å². The molecule has 24 heavy (non-hydrogen) atoms. The van der Waals surface area contributed by atoms with Crippen LogP contribution in [0.15, 0.2) is 84.9 Å². The van der Waals surface area contributed by atoms with Crippen LogP contribution in [0.25, 0.3) is 0 Å². The number of rotatable bonds is 2. The fourth-order valence-electron chi connectivity index (χ4n) is 4.09. The normalized spacial score (nSPS) is 27.7. The first-order chi connectivity index (χ1) is 11.9. The molecule has 0 bridgehead atoms. The topological polar surface area (TPSA) is 27.7 Å². The van der Waals surface area contributed by atoms with E-state index in [1.807, 2.05) is 30.3 Å². The van der Waals surface area contributed by atoms with Crippen LogP contribution in [0.1, 0.15) is 34.3 Å². The average molecular weight is 316 g/mol. The van der Waals surface area contributed by atoms with Crippen LogP contribution in [-0.2, 0) is 20.4 Å². The lowest BCUT2D eigenvalue weighted by Crippen LogP contribution is -2.33. The van der Waals surface area contributed by atoms with Gasteiger partial charge in [-0.05, 0) is 22.3 Å². The molecule has 0 unspecified atom stereocenters. The van der Waals surface area contributed by atoms with Crippen LogP contribution in [0.4, 0.5) is 0 Å². The monoisotopic (exact) mass is 316 g/mol. The molecular weight excluding hydrogens is 300 g/mol. The van der Waals surface area contributed by atoms with Gasteiger partial charge in [-0.1, -0.05) is 90.0 Å². The van der Waals surface area contributed by atoms with Crippen LogP contribution in [0.2, 0.25) is 0 Å². The number of benzene rings is 3. The summed E-state index contributed by atoms with van der Waals surface area (Å²) in [6, 6.07) is 29.0. The molecule has 3 nitrogen and oxygen atoms in total. The summed E-state index contributed by atoms with van der Waals surface area (Å²) in [6.07, 6.45) is -0.290. The van der Waals surface area contributed by atoms with E-state index in [0.29, 0.717) is 0 Å². The molecular formula is C21H16O3. The van der Waals surface area contributed by atoms with Crippen molar-refractivity contribution in [1.29, 1.82) is 0 Å². The van der Waals surface area contributed by atoms with E-state index in [1.165, 1.54) is 11.1 Å². The Balaban J connectivity index is 1.80. The van der Waals surface area contributed by atoms with E-state index in [9.17, 15) is 0 Å². The van der Waals surface area contributed by atoms with E-state index in [2.05, 4.69) is 54.6 Å². The second-order valence-electron chi connectivity index (χ2n) is 6.26. The summed E-state index contributed by atoms with van der Waals surface area (Å²) in [4.78, 5) is 11.5. The SMILES string of the molecule is c1ccc([C@H]2c3ccccc3[C@@H]3OOO[C@]23c2ccccc2)cc1. The molecule has 3 atom stereocenters. The second kappa shape index (κ2) is 5.28. The molecule has 1 saturated heterocycles. The first kappa shape index (κ1) is 13.9. The van der Waals surface area contributed by atoms with Gasteiger partial charge in [-0.15, -0.1) is 0 Å². The first-order valence-corrected chi connectivity index (χ1v) is 8.12. The molecule has 0 N–H and O–H groups in total. The van der Waals surface area contributed by atoms with Gasteiger partial charge in [0.05, 0.1) is 0 Å². The van der Waals surface area contributed by atoms with E-state index in [4.69, 9.17) is 14.8 Å². The van der Waals surface area contributed by atoms with Crippen LogP contribution < -0.4 is 0 Å². The third kappa shape index (κ3) is 1.77. The minimum Gasteiger partial charge on any atom is -0.194 e. The van der Waals surface area contributed by atoms with Crippen molar-refractivity contribution in [2.24, 2.45) is 0 Å². The summed E-state index contributed by atoms with van der Waals surface area (Å²) < 4.78 is 0. The van der Waals surface area contributed by atoms with Gasteiger partial charge < -0.3 is 0 Å². The van der Waals surface area contributed by atoms with Crippen LogP contribution >= 0.6 is 0 Å². The van der Waals surface area contributed by atoms with Crippen LogP contribution in [-0.4, -0.2) is 0 Å². The van der Waals surface area contributed by atoms with Crippen molar-refractivity contribution in [3.8, 4) is 0 Å². The molecule has 1 heterocycles. The summed E-state index contributed by atoms with van der Waals surface area (Å²) >= 11 is 0. The summed E-state index contributed by atoms with van der Waals surface area (Å²) in [5.74, 6) is 0.00444. The Bertz CT molecular complexity index is 863. The summed E-state index contributed by atoms with van der Waals surface area (Å²) in [6.45, 7) is 0. The molecule has 0 amide bonds. The van der Waals surface area contributed by atoms with Gasteiger partial charge in [-0.3, -0.25) is 0 Å². The molecule has 1 fully saturated rings. The smallest absolute Gasteiger partial charge is 0.176 e. The Kier molecular flexibility index (Phi) is 3.06. The van der Waals surface area contributed by atoms with E-state index in [0.717, 1.165) is 11.1 Å². The molecule has 0 radical (unpaired) electrons. The molecule has 5 rings (SSSR count). The summed E-state index contributed by atoms with van der Waals surface area (Å²) in [5, 5.41) is 5.08. The largest absolute Gasteiger partial charge is 0.194 e. The average Bonchev–Trinajstić information content (AvgIpc) is 3.20. The standard InChI is InChI=1S/C21H16O3/c1-3-9-15(10-4-1)19-17-13-7-8-14-18(17)20-21(19,23-24-22-20)16-11-5-2-6-12-16/h1-14,19-20H/t19-,20-,21+/m0/s1. The Labute approximate surface area is 140 Å². The zero-order valence-corrected chi connectivity index (χ0v) is 13.0. The highest BCUT2D eigenvalue weighted by atomic mass is 17.5. The molecule has 0 saturated carbocycles. The van der Waals surface area contributed by atoms with Crippen molar-refractivity contribution >= 4 is 0 Å². The van der Waals surface area contributed by atoms with Gasteiger partial charge in [0.2, 0.25) is 0 Å². The molecule has 2 aliphatic rings. The van der Waals surface area contributed by atoms with E-state index in [1.54, 1.807) is 0 Å². The van der Waals surface area contributed by atoms with Gasteiger partial charge in [0.1, 0.15) is 0 Å². The van der Waals surface area contributed by atoms with Crippen LogP contribution in [0, 0.1) is 0 Å². The van der Waals surface area contributed by atoms with Crippen molar-refractivity contribution < 1.29 is 14.8 Å².